The molecule has 1 saturated carbocycles. The number of nitrogens with one attached hydrogen (secondary N) is 2. The molecular formula is C23H28N2O4S. The lowest BCUT2D eigenvalue weighted by atomic mass is 9.96. The average Bonchev–Trinajstić information content (AvgIpc) is 3.50. The van der Waals surface area contributed by atoms with Crippen LogP contribution in [-0.2, 0) is 20.0 Å². The highest BCUT2D eigenvalue weighted by Crippen LogP contribution is 2.47. The van der Waals surface area contributed by atoms with E-state index in [0.717, 1.165) is 24.7 Å². The molecule has 1 unspecified atom stereocenters. The van der Waals surface area contributed by atoms with E-state index in [2.05, 4.69) is 22.8 Å². The second-order valence-electron chi connectivity index (χ2n) is 8.18. The molecule has 0 bridgehead atoms. The molecule has 2 aromatic carbocycles. The summed E-state index contributed by atoms with van der Waals surface area (Å²) >= 11 is 0. The summed E-state index contributed by atoms with van der Waals surface area (Å²) in [5, 5.41) is 5.65. The summed E-state index contributed by atoms with van der Waals surface area (Å²) in [5.41, 5.74) is 2.48. The maximum absolute atomic E-state index is 12.9. The standard InChI is InChI=1S/C23H28N2O4S/c1-17-7-6-8-18(15-17)21(26)25-20(11-14-30(2,28)29)22(27)24-16-23(12-13-23)19-9-4-3-5-10-19/h3-10,15,20H,11-14,16H2,1-2H3,(H,24,27)(H,25,26). The molecule has 7 heteroatoms. The van der Waals surface area contributed by atoms with Crippen LogP contribution in [0.1, 0.15) is 40.7 Å². The molecule has 0 aliphatic heterocycles. The monoisotopic (exact) mass is 428 g/mol. The Morgan fingerprint density at radius 1 is 1.07 bits per heavy atom. The predicted molar refractivity (Wildman–Crippen MR) is 117 cm³/mol. The summed E-state index contributed by atoms with van der Waals surface area (Å²) in [4.78, 5) is 25.5. The molecule has 1 aliphatic carbocycles. The number of sulfone groups is 1. The lowest BCUT2D eigenvalue weighted by molar-refractivity contribution is -0.123. The number of carbonyl (C=O) groups is 2. The van der Waals surface area contributed by atoms with Crippen LogP contribution in [-0.4, -0.2) is 44.8 Å². The van der Waals surface area contributed by atoms with Crippen LogP contribution in [0.25, 0.3) is 0 Å². The molecule has 1 aliphatic rings. The molecule has 1 fully saturated rings. The minimum Gasteiger partial charge on any atom is -0.353 e. The Morgan fingerprint density at radius 2 is 1.77 bits per heavy atom. The number of amides is 2. The van der Waals surface area contributed by atoms with E-state index in [1.165, 1.54) is 5.56 Å². The zero-order valence-electron chi connectivity index (χ0n) is 17.4. The summed E-state index contributed by atoms with van der Waals surface area (Å²) in [6.45, 7) is 2.34. The summed E-state index contributed by atoms with van der Waals surface area (Å²) in [6.07, 6.45) is 3.13. The van der Waals surface area contributed by atoms with Crippen LogP contribution in [0, 0.1) is 6.92 Å². The van der Waals surface area contributed by atoms with E-state index in [4.69, 9.17) is 0 Å². The number of carbonyl (C=O) groups excluding carboxylic acids is 2. The SMILES string of the molecule is Cc1cccc(C(=O)NC(CCS(C)(=O)=O)C(=O)NCC2(c3ccccc3)CC2)c1. The van der Waals surface area contributed by atoms with E-state index in [-0.39, 0.29) is 23.5 Å². The quantitative estimate of drug-likeness (QED) is 0.641. The number of benzene rings is 2. The molecule has 0 saturated heterocycles. The zero-order chi connectivity index (χ0) is 21.8. The third-order valence-electron chi connectivity index (χ3n) is 5.52. The molecule has 0 spiro atoms. The topological polar surface area (TPSA) is 92.3 Å². The molecule has 2 N–H and O–H groups in total. The van der Waals surface area contributed by atoms with E-state index < -0.39 is 21.8 Å². The fraction of sp³-hybridized carbons (Fsp3) is 0.391. The summed E-state index contributed by atoms with van der Waals surface area (Å²) in [6, 6.07) is 16.2. The fourth-order valence-corrected chi connectivity index (χ4v) is 4.18. The van der Waals surface area contributed by atoms with Crippen LogP contribution in [0.4, 0.5) is 0 Å². The highest BCUT2D eigenvalue weighted by atomic mass is 32.2. The van der Waals surface area contributed by atoms with Crippen molar-refractivity contribution in [1.82, 2.24) is 10.6 Å². The van der Waals surface area contributed by atoms with Gasteiger partial charge in [0.05, 0.1) is 5.75 Å². The van der Waals surface area contributed by atoms with Gasteiger partial charge >= 0.3 is 0 Å². The molecule has 2 aromatic rings. The van der Waals surface area contributed by atoms with Crippen molar-refractivity contribution in [3.8, 4) is 0 Å². The smallest absolute Gasteiger partial charge is 0.251 e. The Balaban J connectivity index is 1.68. The average molecular weight is 429 g/mol. The van der Waals surface area contributed by atoms with Crippen LogP contribution in [0.2, 0.25) is 0 Å². The first kappa shape index (κ1) is 22.0. The van der Waals surface area contributed by atoms with E-state index in [1.54, 1.807) is 18.2 Å². The fourth-order valence-electron chi connectivity index (χ4n) is 3.52. The van der Waals surface area contributed by atoms with Gasteiger partial charge in [-0.15, -0.1) is 0 Å². The second kappa shape index (κ2) is 9.00. The first-order valence-electron chi connectivity index (χ1n) is 10.1. The van der Waals surface area contributed by atoms with Crippen LogP contribution in [0.15, 0.2) is 54.6 Å². The third kappa shape index (κ3) is 5.92. The highest BCUT2D eigenvalue weighted by Gasteiger charge is 2.44. The molecular weight excluding hydrogens is 400 g/mol. The molecule has 160 valence electrons. The van der Waals surface area contributed by atoms with Crippen LogP contribution < -0.4 is 10.6 Å². The van der Waals surface area contributed by atoms with E-state index in [9.17, 15) is 18.0 Å². The van der Waals surface area contributed by atoms with Crippen molar-refractivity contribution in [2.45, 2.75) is 37.6 Å². The largest absolute Gasteiger partial charge is 0.353 e. The van der Waals surface area contributed by atoms with E-state index in [1.807, 2.05) is 31.2 Å². The van der Waals surface area contributed by atoms with Gasteiger partial charge in [-0.25, -0.2) is 8.42 Å². The predicted octanol–water partition coefficient (Wildman–Crippen LogP) is 2.38. The van der Waals surface area contributed by atoms with Gasteiger partial charge in [0.25, 0.3) is 5.91 Å². The first-order valence-corrected chi connectivity index (χ1v) is 12.1. The van der Waals surface area contributed by atoms with Gasteiger partial charge < -0.3 is 10.6 Å². The van der Waals surface area contributed by atoms with Gasteiger partial charge in [-0.05, 0) is 43.9 Å². The number of aryl methyl sites for hydroxylation is 1. The number of hydrogen-bond acceptors (Lipinski definition) is 4. The normalized spacial score (nSPS) is 15.8. The van der Waals surface area contributed by atoms with Crippen molar-refractivity contribution in [3.05, 3.63) is 71.3 Å². The van der Waals surface area contributed by atoms with Gasteiger partial charge in [-0.3, -0.25) is 9.59 Å². The summed E-state index contributed by atoms with van der Waals surface area (Å²) < 4.78 is 23.3. The Morgan fingerprint density at radius 3 is 2.37 bits per heavy atom. The third-order valence-corrected chi connectivity index (χ3v) is 6.50. The van der Waals surface area contributed by atoms with Gasteiger partial charge in [0.15, 0.2) is 0 Å². The summed E-state index contributed by atoms with van der Waals surface area (Å²) in [5.74, 6) is -0.929. The Kier molecular flexibility index (Phi) is 6.61. The minimum absolute atomic E-state index is 0.0283. The molecule has 6 nitrogen and oxygen atoms in total. The van der Waals surface area contributed by atoms with Crippen molar-refractivity contribution >= 4 is 21.7 Å². The lowest BCUT2D eigenvalue weighted by Gasteiger charge is -2.21. The molecule has 0 radical (unpaired) electrons. The van der Waals surface area contributed by atoms with Gasteiger partial charge in [0, 0.05) is 23.8 Å². The van der Waals surface area contributed by atoms with Crippen LogP contribution in [0.3, 0.4) is 0 Å². The molecule has 30 heavy (non-hydrogen) atoms. The van der Waals surface area contributed by atoms with Gasteiger partial charge in [-0.1, -0.05) is 48.0 Å². The number of hydrogen-bond donors (Lipinski definition) is 2. The van der Waals surface area contributed by atoms with Gasteiger partial charge in [0.1, 0.15) is 15.9 Å². The van der Waals surface area contributed by atoms with Crippen molar-refractivity contribution in [3.63, 3.8) is 0 Å². The van der Waals surface area contributed by atoms with Gasteiger partial charge in [0.2, 0.25) is 5.91 Å². The van der Waals surface area contributed by atoms with Crippen molar-refractivity contribution in [2.75, 3.05) is 18.6 Å². The van der Waals surface area contributed by atoms with Crippen LogP contribution >= 0.6 is 0 Å². The summed E-state index contributed by atoms with van der Waals surface area (Å²) in [7, 11) is -3.27. The Bertz CT molecular complexity index is 1010. The molecule has 0 aromatic heterocycles. The Hall–Kier alpha value is -2.67. The Labute approximate surface area is 178 Å². The van der Waals surface area contributed by atoms with Crippen molar-refractivity contribution in [1.29, 1.82) is 0 Å². The number of rotatable bonds is 9. The molecule has 1 atom stereocenters. The lowest BCUT2D eigenvalue weighted by Crippen LogP contribution is -2.49. The van der Waals surface area contributed by atoms with E-state index in [0.29, 0.717) is 12.1 Å². The highest BCUT2D eigenvalue weighted by molar-refractivity contribution is 7.90. The van der Waals surface area contributed by atoms with Crippen molar-refractivity contribution < 1.29 is 18.0 Å². The van der Waals surface area contributed by atoms with Crippen molar-refractivity contribution in [2.24, 2.45) is 0 Å². The molecule has 0 heterocycles. The van der Waals surface area contributed by atoms with Crippen LogP contribution in [0.5, 0.6) is 0 Å². The first-order chi connectivity index (χ1) is 14.2. The molecule has 3 rings (SSSR count). The maximum atomic E-state index is 12.9. The zero-order valence-corrected chi connectivity index (χ0v) is 18.2. The second-order valence-corrected chi connectivity index (χ2v) is 10.4. The minimum atomic E-state index is -3.27. The van der Waals surface area contributed by atoms with E-state index >= 15 is 0 Å². The van der Waals surface area contributed by atoms with Gasteiger partial charge in [-0.2, -0.15) is 0 Å². The molecule has 2 amide bonds. The maximum Gasteiger partial charge on any atom is 0.251 e.